The zero-order chi connectivity index (χ0) is 11.1. The fraction of sp³-hybridized carbons (Fsp3) is 0.545. The summed E-state index contributed by atoms with van der Waals surface area (Å²) in [6, 6.07) is 4.18. The molecule has 1 aromatic rings. The van der Waals surface area contributed by atoms with Gasteiger partial charge in [-0.05, 0) is 24.6 Å². The average Bonchev–Trinajstić information content (AvgIpc) is 2.25. The lowest BCUT2D eigenvalue weighted by Gasteiger charge is -2.20. The van der Waals surface area contributed by atoms with Gasteiger partial charge in [-0.2, -0.15) is 0 Å². The van der Waals surface area contributed by atoms with Crippen LogP contribution < -0.4 is 5.73 Å². The minimum Gasteiger partial charge on any atom is -0.384 e. The van der Waals surface area contributed by atoms with Crippen molar-refractivity contribution in [2.24, 2.45) is 5.73 Å². The van der Waals surface area contributed by atoms with Gasteiger partial charge in [0.1, 0.15) is 0 Å². The first-order valence-corrected chi connectivity index (χ1v) is 6.06. The Morgan fingerprint density at radius 3 is 2.67 bits per heavy atom. The lowest BCUT2D eigenvalue weighted by atomic mass is 10.1. The number of nitrogens with two attached hydrogens (primary N) is 1. The molecule has 1 heterocycles. The molecule has 0 saturated carbocycles. The summed E-state index contributed by atoms with van der Waals surface area (Å²) in [7, 11) is 1.72. The number of thioether (sulfide) groups is 1. The maximum absolute atomic E-state index is 5.97. The van der Waals surface area contributed by atoms with E-state index in [4.69, 9.17) is 10.5 Å². The molecule has 3 nitrogen and oxygen atoms in total. The van der Waals surface area contributed by atoms with Crippen LogP contribution in [0.2, 0.25) is 0 Å². The second kappa shape index (κ2) is 6.82. The molecule has 2 N–H and O–H groups in total. The predicted octanol–water partition coefficient (Wildman–Crippen LogP) is 1.85. The molecular formula is C11H18N2OS. The minimum absolute atomic E-state index is 0.134. The molecule has 0 aromatic carbocycles. The van der Waals surface area contributed by atoms with Crippen LogP contribution >= 0.6 is 11.8 Å². The quantitative estimate of drug-likeness (QED) is 0.752. The lowest BCUT2D eigenvalue weighted by Crippen LogP contribution is -2.23. The van der Waals surface area contributed by atoms with E-state index in [1.54, 1.807) is 7.11 Å². The molecule has 15 heavy (non-hydrogen) atoms. The van der Waals surface area contributed by atoms with Gasteiger partial charge in [-0.25, -0.2) is 0 Å². The van der Waals surface area contributed by atoms with Crippen LogP contribution in [0, 0.1) is 0 Å². The van der Waals surface area contributed by atoms with Crippen molar-refractivity contribution in [3.63, 3.8) is 0 Å². The minimum atomic E-state index is 0.134. The van der Waals surface area contributed by atoms with Crippen molar-refractivity contribution in [2.45, 2.75) is 18.2 Å². The molecule has 2 unspecified atom stereocenters. The Morgan fingerprint density at radius 2 is 2.13 bits per heavy atom. The maximum atomic E-state index is 5.97. The molecule has 0 amide bonds. The molecule has 4 heteroatoms. The monoisotopic (exact) mass is 226 g/mol. The first kappa shape index (κ1) is 12.5. The van der Waals surface area contributed by atoms with E-state index in [1.165, 1.54) is 5.56 Å². The van der Waals surface area contributed by atoms with Crippen LogP contribution in [0.5, 0.6) is 0 Å². The molecule has 84 valence electrons. The predicted molar refractivity (Wildman–Crippen MR) is 65.0 cm³/mol. The first-order chi connectivity index (χ1) is 7.25. The third-order valence-electron chi connectivity index (χ3n) is 2.10. The molecular weight excluding hydrogens is 208 g/mol. The van der Waals surface area contributed by atoms with Crippen molar-refractivity contribution in [2.75, 3.05) is 19.5 Å². The van der Waals surface area contributed by atoms with E-state index in [0.29, 0.717) is 5.25 Å². The molecule has 0 aliphatic heterocycles. The molecule has 1 aromatic heterocycles. The van der Waals surface area contributed by atoms with Gasteiger partial charge in [-0.15, -0.1) is 11.8 Å². The van der Waals surface area contributed by atoms with E-state index < -0.39 is 0 Å². The Kier molecular flexibility index (Phi) is 5.68. The number of rotatable bonds is 6. The molecule has 2 atom stereocenters. The van der Waals surface area contributed by atoms with Gasteiger partial charge < -0.3 is 10.5 Å². The van der Waals surface area contributed by atoms with Crippen molar-refractivity contribution < 1.29 is 4.74 Å². The van der Waals surface area contributed by atoms with Gasteiger partial charge in [0.05, 0.1) is 6.61 Å². The van der Waals surface area contributed by atoms with Crippen LogP contribution in [0.25, 0.3) is 0 Å². The van der Waals surface area contributed by atoms with E-state index in [9.17, 15) is 0 Å². The number of hydrogen-bond acceptors (Lipinski definition) is 4. The van der Waals surface area contributed by atoms with E-state index in [-0.39, 0.29) is 6.04 Å². The number of ether oxygens (including phenoxy) is 1. The maximum Gasteiger partial charge on any atom is 0.0553 e. The zero-order valence-corrected chi connectivity index (χ0v) is 10.0. The highest BCUT2D eigenvalue weighted by Crippen LogP contribution is 2.30. The number of pyridine rings is 1. The number of nitrogens with zero attached hydrogens (tertiary/aromatic N) is 1. The number of methoxy groups -OCH3 is 1. The van der Waals surface area contributed by atoms with E-state index in [2.05, 4.69) is 4.98 Å². The fourth-order valence-corrected chi connectivity index (χ4v) is 2.53. The summed E-state index contributed by atoms with van der Waals surface area (Å²) in [6.07, 6.45) is 3.61. The molecule has 0 spiro atoms. The summed E-state index contributed by atoms with van der Waals surface area (Å²) < 4.78 is 5.03. The Labute approximate surface area is 95.4 Å². The Hall–Kier alpha value is -0.580. The molecule has 0 fully saturated rings. The second-order valence-corrected chi connectivity index (χ2v) is 4.67. The van der Waals surface area contributed by atoms with E-state index in [0.717, 1.165) is 12.4 Å². The zero-order valence-electron chi connectivity index (χ0n) is 9.22. The van der Waals surface area contributed by atoms with Crippen molar-refractivity contribution in [1.29, 1.82) is 0 Å². The van der Waals surface area contributed by atoms with Crippen molar-refractivity contribution in [1.82, 2.24) is 4.98 Å². The summed E-state index contributed by atoms with van der Waals surface area (Å²) in [4.78, 5) is 4.01. The highest BCUT2D eigenvalue weighted by atomic mass is 32.2. The normalized spacial score (nSPS) is 14.9. The van der Waals surface area contributed by atoms with Gasteiger partial charge in [-0.1, -0.05) is 0 Å². The summed E-state index contributed by atoms with van der Waals surface area (Å²) in [5.41, 5.74) is 7.21. The summed E-state index contributed by atoms with van der Waals surface area (Å²) in [5.74, 6) is 0.963. The average molecular weight is 226 g/mol. The van der Waals surface area contributed by atoms with Gasteiger partial charge in [0.2, 0.25) is 0 Å². The highest BCUT2D eigenvalue weighted by Gasteiger charge is 2.15. The van der Waals surface area contributed by atoms with E-state index >= 15 is 0 Å². The van der Waals surface area contributed by atoms with Gasteiger partial charge in [0.15, 0.2) is 0 Å². The third kappa shape index (κ3) is 4.20. The standard InChI is InChI=1S/C11H18N2OS/c1-9(12)11(15-8-7-14-2)10-3-5-13-6-4-10/h3-6,9,11H,7-8,12H2,1-2H3. The smallest absolute Gasteiger partial charge is 0.0553 e. The molecule has 0 radical (unpaired) electrons. The van der Waals surface area contributed by atoms with Crippen molar-refractivity contribution >= 4 is 11.8 Å². The van der Waals surface area contributed by atoms with Crippen LogP contribution in [0.4, 0.5) is 0 Å². The van der Waals surface area contributed by atoms with Gasteiger partial charge in [0.25, 0.3) is 0 Å². The lowest BCUT2D eigenvalue weighted by molar-refractivity contribution is 0.218. The van der Waals surface area contributed by atoms with Crippen LogP contribution in [0.1, 0.15) is 17.7 Å². The van der Waals surface area contributed by atoms with Gasteiger partial charge >= 0.3 is 0 Å². The highest BCUT2D eigenvalue weighted by molar-refractivity contribution is 7.99. The summed E-state index contributed by atoms with van der Waals surface area (Å²) in [5, 5.41) is 0.322. The van der Waals surface area contributed by atoms with Crippen LogP contribution in [-0.2, 0) is 4.74 Å². The summed E-state index contributed by atoms with van der Waals surface area (Å²) >= 11 is 1.83. The first-order valence-electron chi connectivity index (χ1n) is 5.01. The van der Waals surface area contributed by atoms with Crippen molar-refractivity contribution in [3.05, 3.63) is 30.1 Å². The molecule has 0 aliphatic rings. The topological polar surface area (TPSA) is 48.1 Å². The van der Waals surface area contributed by atoms with Gasteiger partial charge in [0, 0.05) is 36.5 Å². The Balaban J connectivity index is 2.58. The van der Waals surface area contributed by atoms with Crippen LogP contribution in [0.15, 0.2) is 24.5 Å². The van der Waals surface area contributed by atoms with Crippen LogP contribution in [-0.4, -0.2) is 30.5 Å². The molecule has 1 rings (SSSR count). The largest absolute Gasteiger partial charge is 0.384 e. The Bertz CT molecular complexity index is 267. The molecule has 0 aliphatic carbocycles. The van der Waals surface area contributed by atoms with Gasteiger partial charge in [-0.3, -0.25) is 4.98 Å². The van der Waals surface area contributed by atoms with Crippen molar-refractivity contribution in [3.8, 4) is 0 Å². The van der Waals surface area contributed by atoms with Crippen LogP contribution in [0.3, 0.4) is 0 Å². The van der Waals surface area contributed by atoms with E-state index in [1.807, 2.05) is 43.2 Å². The SMILES string of the molecule is COCCSC(c1ccncc1)C(C)N. The Morgan fingerprint density at radius 1 is 1.47 bits per heavy atom. The second-order valence-electron chi connectivity index (χ2n) is 3.42. The summed E-state index contributed by atoms with van der Waals surface area (Å²) in [6.45, 7) is 2.80. The molecule has 0 bridgehead atoms. The number of aromatic nitrogens is 1. The number of hydrogen-bond donors (Lipinski definition) is 1. The third-order valence-corrected chi connectivity index (χ3v) is 3.56. The molecule has 0 saturated heterocycles. The fourth-order valence-electron chi connectivity index (χ4n) is 1.36.